The van der Waals surface area contributed by atoms with Crippen LogP contribution < -0.4 is 5.32 Å². The van der Waals surface area contributed by atoms with Crippen molar-refractivity contribution in [3.05, 3.63) is 35.6 Å². The third-order valence-corrected chi connectivity index (χ3v) is 7.28. The molecule has 26 heavy (non-hydrogen) atoms. The van der Waals surface area contributed by atoms with Gasteiger partial charge in [0, 0.05) is 18.6 Å². The summed E-state index contributed by atoms with van der Waals surface area (Å²) in [5, 5.41) is 3.10. The Morgan fingerprint density at radius 3 is 2.54 bits per heavy atom. The molecule has 4 rings (SSSR count). The summed E-state index contributed by atoms with van der Waals surface area (Å²) >= 11 is 0. The molecular formula is C21H30FN3O. The van der Waals surface area contributed by atoms with Crippen molar-refractivity contribution in [3.63, 3.8) is 0 Å². The first-order valence-electron chi connectivity index (χ1n) is 9.94. The molecule has 3 fully saturated rings. The molecule has 142 valence electrons. The van der Waals surface area contributed by atoms with Gasteiger partial charge in [-0.15, -0.1) is 0 Å². The monoisotopic (exact) mass is 359 g/mol. The fourth-order valence-corrected chi connectivity index (χ4v) is 5.20. The van der Waals surface area contributed by atoms with Gasteiger partial charge in [-0.25, -0.2) is 9.18 Å². The summed E-state index contributed by atoms with van der Waals surface area (Å²) in [5.41, 5.74) is 0.848. The van der Waals surface area contributed by atoms with E-state index in [4.69, 9.17) is 0 Å². The average Bonchev–Trinajstić information content (AvgIpc) is 2.88. The van der Waals surface area contributed by atoms with E-state index in [1.807, 2.05) is 12.1 Å². The lowest BCUT2D eigenvalue weighted by Gasteiger charge is -2.51. The molecule has 1 aromatic carbocycles. The van der Waals surface area contributed by atoms with Gasteiger partial charge in [-0.05, 0) is 76.2 Å². The van der Waals surface area contributed by atoms with Gasteiger partial charge in [0.1, 0.15) is 5.82 Å². The highest BCUT2D eigenvalue weighted by molar-refractivity contribution is 5.78. The summed E-state index contributed by atoms with van der Waals surface area (Å²) in [5.74, 6) is 0.507. The molecule has 0 aromatic heterocycles. The first-order valence-corrected chi connectivity index (χ1v) is 9.94. The maximum Gasteiger partial charge on any atom is 0.318 e. The van der Waals surface area contributed by atoms with Crippen LogP contribution in [0.5, 0.6) is 0 Å². The van der Waals surface area contributed by atoms with Crippen LogP contribution in [0.3, 0.4) is 0 Å². The van der Waals surface area contributed by atoms with Crippen LogP contribution >= 0.6 is 0 Å². The molecule has 2 aliphatic carbocycles. The van der Waals surface area contributed by atoms with Crippen LogP contribution in [0.1, 0.15) is 50.5 Å². The minimum atomic E-state index is -0.173. The molecule has 4 nitrogen and oxygen atoms in total. The van der Waals surface area contributed by atoms with Gasteiger partial charge in [0.25, 0.3) is 0 Å². The van der Waals surface area contributed by atoms with Crippen molar-refractivity contribution in [2.75, 3.05) is 27.2 Å². The van der Waals surface area contributed by atoms with Crippen LogP contribution in [-0.4, -0.2) is 48.6 Å². The molecule has 1 aromatic rings. The molecule has 2 amide bonds. The van der Waals surface area contributed by atoms with E-state index < -0.39 is 0 Å². The summed E-state index contributed by atoms with van der Waals surface area (Å²) in [6.45, 7) is 1.66. The quantitative estimate of drug-likeness (QED) is 0.889. The van der Waals surface area contributed by atoms with Crippen molar-refractivity contribution < 1.29 is 9.18 Å². The van der Waals surface area contributed by atoms with Gasteiger partial charge in [0.2, 0.25) is 0 Å². The number of benzene rings is 1. The SMILES string of the molecule is CN(C)[C@]1(c2cccc(F)c2)CC[C@@]2(CC1)CNC(=O)N2CC1CCC1. The number of hydrogen-bond acceptors (Lipinski definition) is 2. The number of hydrogen-bond donors (Lipinski definition) is 1. The van der Waals surface area contributed by atoms with E-state index in [1.54, 1.807) is 6.07 Å². The molecular weight excluding hydrogens is 329 g/mol. The van der Waals surface area contributed by atoms with Crippen LogP contribution in [0.15, 0.2) is 24.3 Å². The van der Waals surface area contributed by atoms with Gasteiger partial charge >= 0.3 is 6.03 Å². The Labute approximate surface area is 155 Å². The van der Waals surface area contributed by atoms with Crippen LogP contribution in [0.4, 0.5) is 9.18 Å². The first kappa shape index (κ1) is 17.8. The van der Waals surface area contributed by atoms with Gasteiger partial charge in [0.15, 0.2) is 0 Å². The Hall–Kier alpha value is -1.62. The van der Waals surface area contributed by atoms with E-state index in [9.17, 15) is 9.18 Å². The smallest absolute Gasteiger partial charge is 0.318 e. The Kier molecular flexibility index (Phi) is 4.46. The van der Waals surface area contributed by atoms with Crippen molar-refractivity contribution in [1.82, 2.24) is 15.1 Å². The molecule has 1 N–H and O–H groups in total. The third-order valence-electron chi connectivity index (χ3n) is 7.28. The van der Waals surface area contributed by atoms with Crippen LogP contribution in [0.2, 0.25) is 0 Å². The van der Waals surface area contributed by atoms with E-state index in [-0.39, 0.29) is 22.9 Å². The number of nitrogens with one attached hydrogen (secondary N) is 1. The molecule has 1 aliphatic heterocycles. The van der Waals surface area contributed by atoms with Crippen molar-refractivity contribution in [2.24, 2.45) is 5.92 Å². The summed E-state index contributed by atoms with van der Waals surface area (Å²) in [6.07, 6.45) is 7.63. The normalized spacial score (nSPS) is 32.2. The van der Waals surface area contributed by atoms with Crippen molar-refractivity contribution in [3.8, 4) is 0 Å². The third kappa shape index (κ3) is 2.81. The molecule has 0 unspecified atom stereocenters. The predicted molar refractivity (Wildman–Crippen MR) is 100 cm³/mol. The number of rotatable bonds is 4. The highest BCUT2D eigenvalue weighted by atomic mass is 19.1. The summed E-state index contributed by atoms with van der Waals surface area (Å²) in [4.78, 5) is 16.9. The topological polar surface area (TPSA) is 35.6 Å². The van der Waals surface area contributed by atoms with Crippen LogP contribution in [-0.2, 0) is 5.54 Å². The highest BCUT2D eigenvalue weighted by Gasteiger charge is 2.52. The largest absolute Gasteiger partial charge is 0.336 e. The Morgan fingerprint density at radius 2 is 1.96 bits per heavy atom. The lowest BCUT2D eigenvalue weighted by Crippen LogP contribution is -2.56. The van der Waals surface area contributed by atoms with Crippen molar-refractivity contribution in [2.45, 2.75) is 56.0 Å². The van der Waals surface area contributed by atoms with E-state index in [0.717, 1.165) is 44.3 Å². The average molecular weight is 359 g/mol. The lowest BCUT2D eigenvalue weighted by atomic mass is 9.68. The number of carbonyl (C=O) groups is 1. The minimum Gasteiger partial charge on any atom is -0.336 e. The number of halogens is 1. The zero-order valence-corrected chi connectivity index (χ0v) is 15.9. The van der Waals surface area contributed by atoms with Gasteiger partial charge in [0.05, 0.1) is 5.54 Å². The molecule has 2 saturated carbocycles. The number of nitrogens with zero attached hydrogens (tertiary/aromatic N) is 2. The van der Waals surface area contributed by atoms with E-state index >= 15 is 0 Å². The highest BCUT2D eigenvalue weighted by Crippen LogP contribution is 2.48. The Morgan fingerprint density at radius 1 is 1.23 bits per heavy atom. The minimum absolute atomic E-state index is 0.0560. The maximum atomic E-state index is 13.9. The van der Waals surface area contributed by atoms with E-state index in [1.165, 1.54) is 25.3 Å². The second-order valence-corrected chi connectivity index (χ2v) is 8.73. The summed E-state index contributed by atoms with van der Waals surface area (Å²) < 4.78 is 13.9. The van der Waals surface area contributed by atoms with E-state index in [0.29, 0.717) is 5.92 Å². The fourth-order valence-electron chi connectivity index (χ4n) is 5.20. The summed E-state index contributed by atoms with van der Waals surface area (Å²) in [7, 11) is 4.18. The second kappa shape index (κ2) is 6.52. The summed E-state index contributed by atoms with van der Waals surface area (Å²) in [6, 6.07) is 7.16. The lowest BCUT2D eigenvalue weighted by molar-refractivity contribution is 0.0169. The molecule has 0 atom stereocenters. The Bertz CT molecular complexity index is 678. The van der Waals surface area contributed by atoms with Crippen LogP contribution in [0, 0.1) is 11.7 Å². The molecule has 0 radical (unpaired) electrons. The van der Waals surface area contributed by atoms with Gasteiger partial charge in [-0.2, -0.15) is 0 Å². The van der Waals surface area contributed by atoms with Crippen molar-refractivity contribution in [1.29, 1.82) is 0 Å². The zero-order valence-electron chi connectivity index (χ0n) is 15.9. The standard InChI is InChI=1S/C21H30FN3O/c1-24(2)21(17-7-4-8-18(22)13-17)11-9-20(10-12-21)15-23-19(26)25(20)14-16-5-3-6-16/h4,7-8,13,16H,3,5-6,9-12,14-15H2,1-2H3,(H,23,26)/t20-,21-. The maximum absolute atomic E-state index is 13.9. The molecule has 3 aliphatic rings. The number of urea groups is 1. The van der Waals surface area contributed by atoms with Gasteiger partial charge in [-0.1, -0.05) is 18.6 Å². The molecule has 5 heteroatoms. The first-order chi connectivity index (χ1) is 12.5. The molecule has 1 heterocycles. The number of carbonyl (C=O) groups excluding carboxylic acids is 1. The fraction of sp³-hybridized carbons (Fsp3) is 0.667. The molecule has 0 bridgehead atoms. The van der Waals surface area contributed by atoms with Gasteiger partial charge < -0.3 is 10.2 Å². The zero-order chi connectivity index (χ0) is 18.4. The molecule has 1 spiro atoms. The predicted octanol–water partition coefficient (Wildman–Crippen LogP) is 3.72. The van der Waals surface area contributed by atoms with Crippen molar-refractivity contribution >= 4 is 6.03 Å². The Balaban J connectivity index is 1.56. The second-order valence-electron chi connectivity index (χ2n) is 8.73. The molecule has 1 saturated heterocycles. The van der Waals surface area contributed by atoms with E-state index in [2.05, 4.69) is 29.2 Å². The van der Waals surface area contributed by atoms with Gasteiger partial charge in [-0.3, -0.25) is 4.90 Å². The number of amides is 2. The van der Waals surface area contributed by atoms with Crippen LogP contribution in [0.25, 0.3) is 0 Å².